The first-order valence-corrected chi connectivity index (χ1v) is 10.5. The quantitative estimate of drug-likeness (QED) is 0.717. The summed E-state index contributed by atoms with van der Waals surface area (Å²) < 4.78 is 56.1. The number of benzene rings is 2. The molecule has 0 bridgehead atoms. The van der Waals surface area contributed by atoms with Crippen LogP contribution >= 0.6 is 0 Å². The molecule has 1 N–H and O–H groups in total. The van der Waals surface area contributed by atoms with Crippen molar-refractivity contribution in [2.75, 3.05) is 9.03 Å². The average Bonchev–Trinajstić information content (AvgIpc) is 3.22. The molecule has 1 aliphatic rings. The highest BCUT2D eigenvalue weighted by molar-refractivity contribution is 8.12. The minimum Gasteiger partial charge on any atom is -0.459 e. The van der Waals surface area contributed by atoms with E-state index in [2.05, 4.69) is 5.32 Å². The Morgan fingerprint density at radius 2 is 1.41 bits per heavy atom. The normalized spacial score (nSPS) is 16.7. The second-order valence-corrected chi connectivity index (χ2v) is 9.37. The molecular weight excluding hydrogens is 392 g/mol. The first kappa shape index (κ1) is 17.3. The number of nitrogens with zero attached hydrogens (tertiary/aromatic N) is 1. The largest absolute Gasteiger partial charge is 0.459 e. The highest BCUT2D eigenvalue weighted by Gasteiger charge is 2.47. The number of furan rings is 1. The molecule has 0 saturated carbocycles. The van der Waals surface area contributed by atoms with Crippen molar-refractivity contribution >= 4 is 37.3 Å². The van der Waals surface area contributed by atoms with Crippen molar-refractivity contribution in [3.05, 3.63) is 72.7 Å². The molecular formula is C17H12N2O6S2. The van der Waals surface area contributed by atoms with Gasteiger partial charge in [0.1, 0.15) is 9.79 Å². The van der Waals surface area contributed by atoms with Crippen LogP contribution in [0.5, 0.6) is 0 Å². The number of anilines is 2. The van der Waals surface area contributed by atoms with Gasteiger partial charge in [-0.15, -0.1) is 0 Å². The summed E-state index contributed by atoms with van der Waals surface area (Å²) in [5.74, 6) is -0.374. The Bertz CT molecular complexity index is 1180. The Morgan fingerprint density at radius 1 is 0.815 bits per heavy atom. The number of carbonyl (C=O) groups excluding carboxylic acids is 1. The summed E-state index contributed by atoms with van der Waals surface area (Å²) in [7, 11) is -8.47. The Balaban J connectivity index is 1.68. The van der Waals surface area contributed by atoms with Gasteiger partial charge >= 0.3 is 0 Å². The van der Waals surface area contributed by atoms with E-state index < -0.39 is 26.0 Å². The van der Waals surface area contributed by atoms with Crippen LogP contribution in [0.3, 0.4) is 0 Å². The molecule has 0 atom stereocenters. The second-order valence-electron chi connectivity index (χ2n) is 5.63. The Kier molecular flexibility index (Phi) is 3.82. The molecule has 27 heavy (non-hydrogen) atoms. The minimum atomic E-state index is -4.24. The van der Waals surface area contributed by atoms with Gasteiger partial charge in [0.25, 0.3) is 26.0 Å². The SMILES string of the molecule is O=C(Nc1ccc(N2S(=O)(=O)c3ccccc3S2(=O)=O)cc1)c1ccco1. The van der Waals surface area contributed by atoms with Crippen LogP contribution in [0.15, 0.2) is 81.1 Å². The van der Waals surface area contributed by atoms with E-state index in [1.54, 1.807) is 6.07 Å². The maximum Gasteiger partial charge on any atom is 0.291 e. The van der Waals surface area contributed by atoms with E-state index in [1.807, 2.05) is 0 Å². The highest BCUT2D eigenvalue weighted by Crippen LogP contribution is 2.40. The average molecular weight is 404 g/mol. The molecule has 0 aliphatic carbocycles. The molecule has 10 heteroatoms. The molecule has 1 amide bonds. The molecule has 4 rings (SSSR count). The third kappa shape index (κ3) is 2.69. The van der Waals surface area contributed by atoms with E-state index in [0.717, 1.165) is 0 Å². The van der Waals surface area contributed by atoms with Gasteiger partial charge in [-0.1, -0.05) is 12.1 Å². The van der Waals surface area contributed by atoms with Crippen LogP contribution in [-0.4, -0.2) is 22.7 Å². The predicted octanol–water partition coefficient (Wildman–Crippen LogP) is 2.43. The molecule has 1 aromatic heterocycles. The number of amides is 1. The lowest BCUT2D eigenvalue weighted by Gasteiger charge is -2.16. The van der Waals surface area contributed by atoms with Gasteiger partial charge in [0.05, 0.1) is 12.0 Å². The zero-order chi connectivity index (χ0) is 19.2. The van der Waals surface area contributed by atoms with Gasteiger partial charge in [-0.05, 0) is 48.5 Å². The summed E-state index contributed by atoms with van der Waals surface area (Å²) in [6, 6.07) is 13.9. The Hall–Kier alpha value is -3.11. The van der Waals surface area contributed by atoms with E-state index in [1.165, 1.54) is 60.9 Å². The van der Waals surface area contributed by atoms with Crippen LogP contribution in [0.1, 0.15) is 10.6 Å². The lowest BCUT2D eigenvalue weighted by Crippen LogP contribution is -2.30. The first-order valence-electron chi connectivity index (χ1n) is 7.66. The summed E-state index contributed by atoms with van der Waals surface area (Å²) in [6.45, 7) is 0. The molecule has 0 unspecified atom stereocenters. The molecule has 2 heterocycles. The maximum absolute atomic E-state index is 12.7. The number of hydrogen-bond donors (Lipinski definition) is 1. The fourth-order valence-corrected chi connectivity index (χ4v) is 7.18. The fraction of sp³-hybridized carbons (Fsp3) is 0. The van der Waals surface area contributed by atoms with Crippen LogP contribution in [-0.2, 0) is 20.0 Å². The van der Waals surface area contributed by atoms with Crippen LogP contribution in [0.2, 0.25) is 0 Å². The summed E-state index contributed by atoms with van der Waals surface area (Å²) in [5, 5.41) is 2.57. The number of nitrogens with one attached hydrogen (secondary N) is 1. The van der Waals surface area contributed by atoms with Crippen molar-refractivity contribution in [2.45, 2.75) is 9.79 Å². The van der Waals surface area contributed by atoms with Crippen LogP contribution < -0.4 is 9.03 Å². The van der Waals surface area contributed by atoms with Crippen molar-refractivity contribution in [1.29, 1.82) is 0 Å². The lowest BCUT2D eigenvalue weighted by atomic mass is 10.3. The molecule has 138 valence electrons. The minimum absolute atomic E-state index is 0.0535. The molecule has 8 nitrogen and oxygen atoms in total. The number of hydrogen-bond acceptors (Lipinski definition) is 6. The molecule has 0 saturated heterocycles. The molecule has 0 spiro atoms. The van der Waals surface area contributed by atoms with E-state index in [4.69, 9.17) is 4.42 Å². The van der Waals surface area contributed by atoms with Crippen LogP contribution in [0, 0.1) is 0 Å². The highest BCUT2D eigenvalue weighted by atomic mass is 32.3. The molecule has 3 aromatic rings. The van der Waals surface area contributed by atoms with Gasteiger partial charge in [-0.25, -0.2) is 0 Å². The van der Waals surface area contributed by atoms with Gasteiger partial charge in [-0.2, -0.15) is 20.5 Å². The van der Waals surface area contributed by atoms with Crippen LogP contribution in [0.4, 0.5) is 11.4 Å². The molecule has 1 aliphatic heterocycles. The smallest absolute Gasteiger partial charge is 0.291 e. The first-order chi connectivity index (χ1) is 12.8. The Morgan fingerprint density at radius 3 is 1.93 bits per heavy atom. The fourth-order valence-electron chi connectivity index (χ4n) is 2.73. The third-order valence-corrected chi connectivity index (χ3v) is 8.35. The van der Waals surface area contributed by atoms with E-state index >= 15 is 0 Å². The molecule has 0 radical (unpaired) electrons. The van der Waals surface area contributed by atoms with Crippen molar-refractivity contribution < 1.29 is 26.0 Å². The topological polar surface area (TPSA) is 114 Å². The summed E-state index contributed by atoms with van der Waals surface area (Å²) in [5.41, 5.74) is 0.300. The van der Waals surface area contributed by atoms with Gasteiger partial charge in [-0.3, -0.25) is 4.79 Å². The molecule has 2 aromatic carbocycles. The van der Waals surface area contributed by atoms with Crippen molar-refractivity contribution in [1.82, 2.24) is 0 Å². The van der Waals surface area contributed by atoms with Gasteiger partial charge in [0.2, 0.25) is 0 Å². The van der Waals surface area contributed by atoms with E-state index in [-0.39, 0.29) is 21.2 Å². The van der Waals surface area contributed by atoms with Gasteiger partial charge in [0.15, 0.2) is 5.76 Å². The van der Waals surface area contributed by atoms with Crippen LogP contribution in [0.25, 0.3) is 0 Å². The third-order valence-electron chi connectivity index (χ3n) is 3.92. The second kappa shape index (κ2) is 5.96. The van der Waals surface area contributed by atoms with Crippen molar-refractivity contribution in [3.8, 4) is 0 Å². The summed E-state index contributed by atoms with van der Waals surface area (Å²) in [6.07, 6.45) is 1.36. The lowest BCUT2D eigenvalue weighted by molar-refractivity contribution is 0.0996. The zero-order valence-electron chi connectivity index (χ0n) is 13.6. The van der Waals surface area contributed by atoms with Crippen molar-refractivity contribution in [2.24, 2.45) is 0 Å². The zero-order valence-corrected chi connectivity index (χ0v) is 15.2. The monoisotopic (exact) mass is 404 g/mol. The maximum atomic E-state index is 12.7. The summed E-state index contributed by atoms with van der Waals surface area (Å²) >= 11 is 0. The number of rotatable bonds is 3. The number of fused-ring (bicyclic) bond motifs is 1. The van der Waals surface area contributed by atoms with Gasteiger partial charge < -0.3 is 9.73 Å². The molecule has 0 fully saturated rings. The number of carbonyl (C=O) groups is 1. The van der Waals surface area contributed by atoms with E-state index in [9.17, 15) is 21.6 Å². The van der Waals surface area contributed by atoms with Gasteiger partial charge in [0, 0.05) is 5.69 Å². The van der Waals surface area contributed by atoms with Crippen molar-refractivity contribution in [3.63, 3.8) is 0 Å². The number of sulfonamides is 2. The standard InChI is InChI=1S/C17H12N2O6S2/c20-17(14-4-3-11-25-14)18-12-7-9-13(10-8-12)19-26(21,22)15-5-1-2-6-16(15)27(19,23)24/h1-11H,(H,18,20). The Labute approximate surface area is 155 Å². The predicted molar refractivity (Wildman–Crippen MR) is 96.4 cm³/mol. The summed E-state index contributed by atoms with van der Waals surface area (Å²) in [4.78, 5) is 11.4. The van der Waals surface area contributed by atoms with E-state index in [0.29, 0.717) is 9.40 Å².